The Morgan fingerprint density at radius 2 is 1.71 bits per heavy atom. The number of benzene rings is 1. The fourth-order valence-corrected chi connectivity index (χ4v) is 2.55. The fraction of sp³-hybridized carbons (Fsp3) is 0.588. The molecule has 1 fully saturated rings. The molecule has 1 aromatic carbocycles. The maximum Gasteiger partial charge on any atom is 0.239 e. The van der Waals surface area contributed by atoms with Gasteiger partial charge in [-0.15, -0.1) is 0 Å². The summed E-state index contributed by atoms with van der Waals surface area (Å²) in [7, 11) is 0. The minimum Gasteiger partial charge on any atom is -0.350 e. The number of hydrogen-bond acceptors (Lipinski definition) is 3. The molecule has 0 unspecified atom stereocenters. The summed E-state index contributed by atoms with van der Waals surface area (Å²) in [5, 5.41) is 2.87. The van der Waals surface area contributed by atoms with Gasteiger partial charge < -0.3 is 11.1 Å². The number of piperidine rings is 1. The van der Waals surface area contributed by atoms with Gasteiger partial charge in [0, 0.05) is 13.1 Å². The summed E-state index contributed by atoms with van der Waals surface area (Å²) in [4.78, 5) is 14.2. The van der Waals surface area contributed by atoms with Crippen molar-refractivity contribution in [2.75, 3.05) is 13.1 Å². The highest BCUT2D eigenvalue weighted by molar-refractivity contribution is 5.84. The summed E-state index contributed by atoms with van der Waals surface area (Å²) in [5.41, 5.74) is 7.37. The van der Waals surface area contributed by atoms with Crippen LogP contribution >= 0.6 is 0 Å². The first-order chi connectivity index (χ1) is 9.95. The average Bonchev–Trinajstić information content (AvgIpc) is 2.46. The molecule has 0 bridgehead atoms. The molecule has 1 saturated heterocycles. The summed E-state index contributed by atoms with van der Waals surface area (Å²) < 4.78 is 0. The Hall–Kier alpha value is -1.39. The SMILES string of the molecule is CC(C)(N)C(=O)NCc1ccc(CN2CCCCC2)cc1. The highest BCUT2D eigenvalue weighted by Gasteiger charge is 2.21. The number of amides is 1. The number of likely N-dealkylation sites (tertiary alicyclic amines) is 1. The molecular formula is C17H27N3O. The molecule has 2 rings (SSSR count). The molecule has 1 heterocycles. The Kier molecular flexibility index (Phi) is 5.37. The van der Waals surface area contributed by atoms with Crippen LogP contribution in [0.1, 0.15) is 44.2 Å². The lowest BCUT2D eigenvalue weighted by Crippen LogP contribution is -2.48. The van der Waals surface area contributed by atoms with Crippen molar-refractivity contribution >= 4 is 5.91 Å². The second-order valence-corrected chi connectivity index (χ2v) is 6.56. The van der Waals surface area contributed by atoms with Crippen molar-refractivity contribution in [1.82, 2.24) is 10.2 Å². The molecule has 0 spiro atoms. The van der Waals surface area contributed by atoms with E-state index in [9.17, 15) is 4.79 Å². The highest BCUT2D eigenvalue weighted by Crippen LogP contribution is 2.13. The van der Waals surface area contributed by atoms with Gasteiger partial charge in [-0.05, 0) is 50.9 Å². The van der Waals surface area contributed by atoms with Crippen LogP contribution in [0.5, 0.6) is 0 Å². The summed E-state index contributed by atoms with van der Waals surface area (Å²) >= 11 is 0. The van der Waals surface area contributed by atoms with E-state index < -0.39 is 5.54 Å². The van der Waals surface area contributed by atoms with Crippen LogP contribution in [-0.4, -0.2) is 29.4 Å². The second kappa shape index (κ2) is 7.05. The zero-order valence-corrected chi connectivity index (χ0v) is 13.2. The number of nitrogens with zero attached hydrogens (tertiary/aromatic N) is 1. The van der Waals surface area contributed by atoms with Gasteiger partial charge >= 0.3 is 0 Å². The lowest BCUT2D eigenvalue weighted by Gasteiger charge is -2.26. The third-order valence-electron chi connectivity index (χ3n) is 3.92. The number of carbonyl (C=O) groups is 1. The van der Waals surface area contributed by atoms with E-state index in [4.69, 9.17) is 5.73 Å². The molecule has 0 saturated carbocycles. The van der Waals surface area contributed by atoms with Gasteiger partial charge in [-0.1, -0.05) is 30.7 Å². The molecule has 0 aliphatic carbocycles. The molecule has 21 heavy (non-hydrogen) atoms. The van der Waals surface area contributed by atoms with Crippen LogP contribution < -0.4 is 11.1 Å². The first kappa shape index (κ1) is 16.0. The van der Waals surface area contributed by atoms with Crippen LogP contribution in [0.2, 0.25) is 0 Å². The molecular weight excluding hydrogens is 262 g/mol. The summed E-state index contributed by atoms with van der Waals surface area (Å²) in [6.45, 7) is 7.41. The Morgan fingerprint density at radius 1 is 1.14 bits per heavy atom. The Bertz CT molecular complexity index is 456. The fourth-order valence-electron chi connectivity index (χ4n) is 2.55. The van der Waals surface area contributed by atoms with E-state index in [2.05, 4.69) is 34.5 Å². The van der Waals surface area contributed by atoms with Crippen molar-refractivity contribution in [3.63, 3.8) is 0 Å². The Labute approximate surface area is 127 Å². The van der Waals surface area contributed by atoms with Crippen molar-refractivity contribution in [3.05, 3.63) is 35.4 Å². The van der Waals surface area contributed by atoms with E-state index >= 15 is 0 Å². The van der Waals surface area contributed by atoms with E-state index in [1.807, 2.05) is 0 Å². The molecule has 0 aromatic heterocycles. The van der Waals surface area contributed by atoms with E-state index in [0.29, 0.717) is 6.54 Å². The quantitative estimate of drug-likeness (QED) is 0.872. The van der Waals surface area contributed by atoms with Gasteiger partial charge in [-0.3, -0.25) is 9.69 Å². The molecule has 3 N–H and O–H groups in total. The van der Waals surface area contributed by atoms with Gasteiger partial charge in [0.05, 0.1) is 5.54 Å². The van der Waals surface area contributed by atoms with Crippen LogP contribution in [-0.2, 0) is 17.9 Å². The third-order valence-corrected chi connectivity index (χ3v) is 3.92. The molecule has 1 amide bonds. The molecule has 1 aromatic rings. The topological polar surface area (TPSA) is 58.4 Å². The van der Waals surface area contributed by atoms with E-state index in [0.717, 1.165) is 12.1 Å². The van der Waals surface area contributed by atoms with E-state index in [-0.39, 0.29) is 5.91 Å². The van der Waals surface area contributed by atoms with Crippen molar-refractivity contribution < 1.29 is 4.79 Å². The van der Waals surface area contributed by atoms with Crippen LogP contribution in [0.15, 0.2) is 24.3 Å². The Balaban J connectivity index is 1.82. The van der Waals surface area contributed by atoms with Gasteiger partial charge in [0.1, 0.15) is 0 Å². The lowest BCUT2D eigenvalue weighted by molar-refractivity contribution is -0.125. The Morgan fingerprint density at radius 3 is 2.29 bits per heavy atom. The first-order valence-corrected chi connectivity index (χ1v) is 7.82. The summed E-state index contributed by atoms with van der Waals surface area (Å²) in [6.07, 6.45) is 4.00. The van der Waals surface area contributed by atoms with Gasteiger partial charge in [0.25, 0.3) is 0 Å². The largest absolute Gasteiger partial charge is 0.350 e. The zero-order valence-electron chi connectivity index (χ0n) is 13.2. The minimum atomic E-state index is -0.825. The van der Waals surface area contributed by atoms with Crippen molar-refractivity contribution in [2.45, 2.75) is 51.7 Å². The predicted octanol–water partition coefficient (Wildman–Crippen LogP) is 2.03. The lowest BCUT2D eigenvalue weighted by atomic mass is 10.1. The molecule has 4 nitrogen and oxygen atoms in total. The summed E-state index contributed by atoms with van der Waals surface area (Å²) in [5.74, 6) is -0.125. The zero-order chi connectivity index (χ0) is 15.3. The van der Waals surface area contributed by atoms with Crippen molar-refractivity contribution in [1.29, 1.82) is 0 Å². The molecule has 0 radical (unpaired) electrons. The van der Waals surface area contributed by atoms with Gasteiger partial charge in [-0.2, -0.15) is 0 Å². The molecule has 0 atom stereocenters. The molecule has 4 heteroatoms. The smallest absolute Gasteiger partial charge is 0.239 e. The normalized spacial score (nSPS) is 16.7. The van der Waals surface area contributed by atoms with Crippen molar-refractivity contribution in [3.8, 4) is 0 Å². The standard InChI is InChI=1S/C17H27N3O/c1-17(2,18)16(21)19-12-14-6-8-15(9-7-14)13-20-10-4-3-5-11-20/h6-9H,3-5,10-13,18H2,1-2H3,(H,19,21). The van der Waals surface area contributed by atoms with Crippen LogP contribution in [0.3, 0.4) is 0 Å². The maximum atomic E-state index is 11.7. The van der Waals surface area contributed by atoms with Gasteiger partial charge in [0.15, 0.2) is 0 Å². The molecule has 1 aliphatic heterocycles. The number of carbonyl (C=O) groups excluding carboxylic acids is 1. The van der Waals surface area contributed by atoms with Gasteiger partial charge in [-0.25, -0.2) is 0 Å². The number of rotatable bonds is 5. The monoisotopic (exact) mass is 289 g/mol. The van der Waals surface area contributed by atoms with Gasteiger partial charge in [0.2, 0.25) is 5.91 Å². The van der Waals surface area contributed by atoms with E-state index in [1.54, 1.807) is 13.8 Å². The third kappa shape index (κ3) is 5.14. The van der Waals surface area contributed by atoms with Crippen LogP contribution in [0, 0.1) is 0 Å². The maximum absolute atomic E-state index is 11.7. The highest BCUT2D eigenvalue weighted by atomic mass is 16.2. The number of nitrogens with one attached hydrogen (secondary N) is 1. The van der Waals surface area contributed by atoms with Crippen LogP contribution in [0.4, 0.5) is 0 Å². The van der Waals surface area contributed by atoms with Crippen LogP contribution in [0.25, 0.3) is 0 Å². The summed E-state index contributed by atoms with van der Waals surface area (Å²) in [6, 6.07) is 8.49. The molecule has 1 aliphatic rings. The average molecular weight is 289 g/mol. The number of nitrogens with two attached hydrogens (primary N) is 1. The predicted molar refractivity (Wildman–Crippen MR) is 85.7 cm³/mol. The van der Waals surface area contributed by atoms with Crippen molar-refractivity contribution in [2.24, 2.45) is 5.73 Å². The van der Waals surface area contributed by atoms with E-state index in [1.165, 1.54) is 37.9 Å². The minimum absolute atomic E-state index is 0.125. The molecule has 116 valence electrons. The first-order valence-electron chi connectivity index (χ1n) is 7.82. The number of hydrogen-bond donors (Lipinski definition) is 2. The second-order valence-electron chi connectivity index (χ2n) is 6.56.